The number of nitrogens with zero attached hydrogens (tertiary/aromatic N) is 1. The molecule has 4 N–H and O–H groups in total. The number of amides is 3. The van der Waals surface area contributed by atoms with Crippen LogP contribution in [0.1, 0.15) is 34.1 Å². The van der Waals surface area contributed by atoms with Crippen LogP contribution in [0.2, 0.25) is 0 Å². The molecular weight excluding hydrogens is 288 g/mol. The van der Waals surface area contributed by atoms with Gasteiger partial charge in [0.15, 0.2) is 0 Å². The molecule has 0 heterocycles. The van der Waals surface area contributed by atoms with Crippen molar-refractivity contribution >= 4 is 17.9 Å². The van der Waals surface area contributed by atoms with Crippen LogP contribution in [0, 0.1) is 0 Å². The first-order chi connectivity index (χ1) is 10.2. The lowest BCUT2D eigenvalue weighted by molar-refractivity contribution is -0.125. The minimum absolute atomic E-state index is 0.231. The first-order valence-corrected chi connectivity index (χ1v) is 7.41. The molecular formula is C14H28N4O4. The summed E-state index contributed by atoms with van der Waals surface area (Å²) in [6.45, 7) is 7.71. The van der Waals surface area contributed by atoms with Crippen LogP contribution in [-0.2, 0) is 14.3 Å². The number of carbonyl (C=O) groups excluding carboxylic acids is 3. The highest BCUT2D eigenvalue weighted by molar-refractivity contribution is 5.86. The highest BCUT2D eigenvalue weighted by atomic mass is 16.6. The molecule has 8 heteroatoms. The predicted molar refractivity (Wildman–Crippen MR) is 83.2 cm³/mol. The summed E-state index contributed by atoms with van der Waals surface area (Å²) in [6, 6.07) is 0. The fraction of sp³-hybridized carbons (Fsp3) is 0.786. The molecule has 0 atom stereocenters. The molecule has 3 amide bonds. The van der Waals surface area contributed by atoms with E-state index in [2.05, 4.69) is 10.6 Å². The fourth-order valence-electron chi connectivity index (χ4n) is 1.45. The molecule has 8 nitrogen and oxygen atoms in total. The molecule has 0 aliphatic heterocycles. The van der Waals surface area contributed by atoms with Gasteiger partial charge in [-0.2, -0.15) is 0 Å². The molecule has 0 aromatic carbocycles. The van der Waals surface area contributed by atoms with Crippen LogP contribution < -0.4 is 16.4 Å². The van der Waals surface area contributed by atoms with Crippen LogP contribution in [0.15, 0.2) is 0 Å². The number of hydrogen-bond donors (Lipinski definition) is 3. The quantitative estimate of drug-likeness (QED) is 0.575. The summed E-state index contributed by atoms with van der Waals surface area (Å²) in [7, 11) is 0. The van der Waals surface area contributed by atoms with E-state index in [1.165, 1.54) is 0 Å². The third kappa shape index (κ3) is 9.98. The SMILES string of the molecule is CCCNC(=O)CN(CC(=O)NCCN)C(=O)OC(C)(C)C. The molecule has 0 fully saturated rings. The second-order valence-corrected chi connectivity index (χ2v) is 5.82. The van der Waals surface area contributed by atoms with Crippen molar-refractivity contribution < 1.29 is 19.1 Å². The Labute approximate surface area is 131 Å². The van der Waals surface area contributed by atoms with Crippen LogP contribution in [0.5, 0.6) is 0 Å². The van der Waals surface area contributed by atoms with E-state index in [4.69, 9.17) is 10.5 Å². The number of ether oxygens (including phenoxy) is 1. The van der Waals surface area contributed by atoms with Crippen LogP contribution in [0.4, 0.5) is 4.79 Å². The molecule has 0 spiro atoms. The van der Waals surface area contributed by atoms with Gasteiger partial charge < -0.3 is 21.1 Å². The molecule has 0 unspecified atom stereocenters. The molecule has 0 aromatic heterocycles. The Bertz CT molecular complexity index is 358. The van der Waals surface area contributed by atoms with Gasteiger partial charge in [0.05, 0.1) is 0 Å². The zero-order valence-corrected chi connectivity index (χ0v) is 13.9. The largest absolute Gasteiger partial charge is 0.444 e. The second kappa shape index (κ2) is 9.99. The van der Waals surface area contributed by atoms with Crippen molar-refractivity contribution in [1.82, 2.24) is 15.5 Å². The van der Waals surface area contributed by atoms with Gasteiger partial charge in [-0.1, -0.05) is 6.92 Å². The summed E-state index contributed by atoms with van der Waals surface area (Å²) in [5, 5.41) is 5.21. The molecule has 0 radical (unpaired) electrons. The van der Waals surface area contributed by atoms with Crippen molar-refractivity contribution in [2.24, 2.45) is 5.73 Å². The third-order valence-corrected chi connectivity index (χ3v) is 2.36. The summed E-state index contributed by atoms with van der Waals surface area (Å²) in [6.07, 6.45) is 0.0804. The Kier molecular flexibility index (Phi) is 9.16. The Morgan fingerprint density at radius 2 is 1.55 bits per heavy atom. The van der Waals surface area contributed by atoms with Crippen molar-refractivity contribution in [2.75, 3.05) is 32.7 Å². The van der Waals surface area contributed by atoms with E-state index in [0.717, 1.165) is 11.3 Å². The van der Waals surface area contributed by atoms with E-state index < -0.39 is 11.7 Å². The summed E-state index contributed by atoms with van der Waals surface area (Å²) in [4.78, 5) is 36.7. The fourth-order valence-corrected chi connectivity index (χ4v) is 1.45. The highest BCUT2D eigenvalue weighted by Gasteiger charge is 2.25. The van der Waals surface area contributed by atoms with E-state index in [0.29, 0.717) is 19.6 Å². The average molecular weight is 316 g/mol. The normalized spacial score (nSPS) is 10.8. The van der Waals surface area contributed by atoms with Gasteiger partial charge >= 0.3 is 6.09 Å². The van der Waals surface area contributed by atoms with Gasteiger partial charge in [-0.15, -0.1) is 0 Å². The Morgan fingerprint density at radius 1 is 1.05 bits per heavy atom. The van der Waals surface area contributed by atoms with E-state index >= 15 is 0 Å². The monoisotopic (exact) mass is 316 g/mol. The van der Waals surface area contributed by atoms with E-state index in [1.807, 2.05) is 6.92 Å². The summed E-state index contributed by atoms with van der Waals surface area (Å²) in [5.74, 6) is -0.723. The number of nitrogens with one attached hydrogen (secondary N) is 2. The zero-order valence-electron chi connectivity index (χ0n) is 13.9. The maximum atomic E-state index is 12.1. The molecule has 128 valence electrons. The van der Waals surface area contributed by atoms with Gasteiger partial charge in [0.25, 0.3) is 0 Å². The summed E-state index contributed by atoms with van der Waals surface area (Å²) in [5.41, 5.74) is 4.60. The standard InChI is InChI=1S/C14H28N4O4/c1-5-7-16-11(19)9-18(10-12(20)17-8-6-15)13(21)22-14(2,3)4/h5-10,15H2,1-4H3,(H,16,19)(H,17,20). The van der Waals surface area contributed by atoms with Crippen LogP contribution in [0.25, 0.3) is 0 Å². The lowest BCUT2D eigenvalue weighted by atomic mass is 10.2. The van der Waals surface area contributed by atoms with Gasteiger partial charge in [0.1, 0.15) is 18.7 Å². The molecule has 22 heavy (non-hydrogen) atoms. The maximum absolute atomic E-state index is 12.1. The topological polar surface area (TPSA) is 114 Å². The van der Waals surface area contributed by atoms with Crippen molar-refractivity contribution in [3.05, 3.63) is 0 Å². The van der Waals surface area contributed by atoms with E-state index in [-0.39, 0.29) is 24.9 Å². The number of hydrogen-bond acceptors (Lipinski definition) is 5. The van der Waals surface area contributed by atoms with Crippen LogP contribution >= 0.6 is 0 Å². The number of carbonyl (C=O) groups is 3. The first kappa shape index (κ1) is 20.2. The van der Waals surface area contributed by atoms with Crippen LogP contribution in [0.3, 0.4) is 0 Å². The average Bonchev–Trinajstić information content (AvgIpc) is 2.40. The summed E-state index contributed by atoms with van der Waals surface area (Å²) >= 11 is 0. The second-order valence-electron chi connectivity index (χ2n) is 5.82. The molecule has 0 saturated carbocycles. The Morgan fingerprint density at radius 3 is 1.95 bits per heavy atom. The molecule has 0 bridgehead atoms. The molecule has 0 saturated heterocycles. The molecule has 0 aromatic rings. The van der Waals surface area contributed by atoms with Crippen LogP contribution in [-0.4, -0.2) is 61.1 Å². The highest BCUT2D eigenvalue weighted by Crippen LogP contribution is 2.09. The molecule has 0 aliphatic rings. The zero-order chi connectivity index (χ0) is 17.2. The third-order valence-electron chi connectivity index (χ3n) is 2.36. The number of rotatable bonds is 8. The lowest BCUT2D eigenvalue weighted by Gasteiger charge is -2.26. The van der Waals surface area contributed by atoms with E-state index in [9.17, 15) is 14.4 Å². The lowest BCUT2D eigenvalue weighted by Crippen LogP contribution is -2.48. The number of nitrogens with two attached hydrogens (primary N) is 1. The summed E-state index contributed by atoms with van der Waals surface area (Å²) < 4.78 is 5.21. The maximum Gasteiger partial charge on any atom is 0.411 e. The molecule has 0 aliphatic carbocycles. The van der Waals surface area contributed by atoms with Gasteiger partial charge in [-0.25, -0.2) is 4.79 Å². The van der Waals surface area contributed by atoms with Crippen molar-refractivity contribution in [3.8, 4) is 0 Å². The predicted octanol–water partition coefficient (Wildman–Crippen LogP) is -0.175. The van der Waals surface area contributed by atoms with Gasteiger partial charge in [0.2, 0.25) is 11.8 Å². The minimum Gasteiger partial charge on any atom is -0.444 e. The van der Waals surface area contributed by atoms with Gasteiger partial charge in [0, 0.05) is 19.6 Å². The van der Waals surface area contributed by atoms with Gasteiger partial charge in [-0.3, -0.25) is 14.5 Å². The van der Waals surface area contributed by atoms with Crippen molar-refractivity contribution in [3.63, 3.8) is 0 Å². The van der Waals surface area contributed by atoms with E-state index in [1.54, 1.807) is 20.8 Å². The Hall–Kier alpha value is -1.83. The van der Waals surface area contributed by atoms with Gasteiger partial charge in [-0.05, 0) is 27.2 Å². The Balaban J connectivity index is 4.71. The first-order valence-electron chi connectivity index (χ1n) is 7.41. The molecule has 0 rings (SSSR count). The smallest absolute Gasteiger partial charge is 0.411 e. The van der Waals surface area contributed by atoms with Crippen molar-refractivity contribution in [1.29, 1.82) is 0 Å². The van der Waals surface area contributed by atoms with Crippen molar-refractivity contribution in [2.45, 2.75) is 39.7 Å². The minimum atomic E-state index is -0.706.